The van der Waals surface area contributed by atoms with Crippen LogP contribution in [0.5, 0.6) is 0 Å². The van der Waals surface area contributed by atoms with Gasteiger partial charge in [-0.05, 0) is 42.5 Å². The molecule has 1 saturated carbocycles. The van der Waals surface area contributed by atoms with Crippen LogP contribution in [0, 0.1) is 11.8 Å². The smallest absolute Gasteiger partial charge is 0.227 e. The first-order valence-corrected chi connectivity index (χ1v) is 7.18. The van der Waals surface area contributed by atoms with Gasteiger partial charge in [0, 0.05) is 19.5 Å². The number of rotatable bonds is 3. The van der Waals surface area contributed by atoms with Crippen molar-refractivity contribution in [1.29, 1.82) is 0 Å². The van der Waals surface area contributed by atoms with E-state index < -0.39 is 0 Å². The highest BCUT2D eigenvalue weighted by atomic mass is 16.2. The van der Waals surface area contributed by atoms with E-state index in [1.165, 1.54) is 19.3 Å². The number of hydrogen-bond acceptors (Lipinski definition) is 4. The van der Waals surface area contributed by atoms with Crippen molar-refractivity contribution >= 4 is 5.91 Å². The maximum absolute atomic E-state index is 12.6. The quantitative estimate of drug-likeness (QED) is 0.812. The first-order chi connectivity index (χ1) is 9.16. The lowest BCUT2D eigenvalue weighted by molar-refractivity contribution is -0.138. The number of tetrazole rings is 1. The van der Waals surface area contributed by atoms with Crippen LogP contribution in [0.4, 0.5) is 0 Å². The Hall–Kier alpha value is -1.46. The van der Waals surface area contributed by atoms with Gasteiger partial charge >= 0.3 is 0 Å². The zero-order valence-electron chi connectivity index (χ0n) is 11.6. The Morgan fingerprint density at radius 1 is 1.42 bits per heavy atom. The molecule has 1 aromatic heterocycles. The Morgan fingerprint density at radius 3 is 2.89 bits per heavy atom. The van der Waals surface area contributed by atoms with Gasteiger partial charge in [0.1, 0.15) is 0 Å². The van der Waals surface area contributed by atoms with Crippen LogP contribution in [0.1, 0.15) is 38.4 Å². The van der Waals surface area contributed by atoms with Crippen LogP contribution >= 0.6 is 0 Å². The molecule has 2 heterocycles. The predicted molar refractivity (Wildman–Crippen MR) is 69.2 cm³/mol. The molecule has 2 unspecified atom stereocenters. The predicted octanol–water partition coefficient (Wildman–Crippen LogP) is 0.882. The van der Waals surface area contributed by atoms with E-state index in [9.17, 15) is 4.79 Å². The minimum Gasteiger partial charge on any atom is -0.342 e. The molecule has 1 aromatic rings. The highest BCUT2D eigenvalue weighted by molar-refractivity contribution is 5.79. The maximum Gasteiger partial charge on any atom is 0.227 e. The number of carbonyl (C=O) groups excluding carboxylic acids is 1. The highest BCUT2D eigenvalue weighted by Gasteiger charge is 2.34. The van der Waals surface area contributed by atoms with Crippen LogP contribution in [-0.4, -0.2) is 44.1 Å². The van der Waals surface area contributed by atoms with Crippen LogP contribution in [0.2, 0.25) is 0 Å². The lowest BCUT2D eigenvalue weighted by Crippen LogP contribution is -2.46. The molecule has 3 rings (SSSR count). The SMILES string of the molecule is CC(C1CCC1)N(C)C(=O)C1CCc2nnnn2C1. The van der Waals surface area contributed by atoms with Gasteiger partial charge in [-0.15, -0.1) is 5.10 Å². The van der Waals surface area contributed by atoms with Crippen molar-refractivity contribution in [2.45, 2.75) is 51.6 Å². The molecule has 2 atom stereocenters. The number of carbonyl (C=O) groups is 1. The molecular formula is C13H21N5O. The number of hydrogen-bond donors (Lipinski definition) is 0. The summed E-state index contributed by atoms with van der Waals surface area (Å²) in [5, 5.41) is 11.6. The molecule has 104 valence electrons. The van der Waals surface area contributed by atoms with Crippen LogP contribution in [0.3, 0.4) is 0 Å². The minimum atomic E-state index is 0.0310. The zero-order valence-corrected chi connectivity index (χ0v) is 11.6. The summed E-state index contributed by atoms with van der Waals surface area (Å²) >= 11 is 0. The Balaban J connectivity index is 1.64. The summed E-state index contributed by atoms with van der Waals surface area (Å²) in [7, 11) is 1.94. The van der Waals surface area contributed by atoms with Gasteiger partial charge in [-0.2, -0.15) is 0 Å². The average molecular weight is 263 g/mol. The van der Waals surface area contributed by atoms with E-state index in [0.717, 1.165) is 18.7 Å². The van der Waals surface area contributed by atoms with Gasteiger partial charge in [0.2, 0.25) is 5.91 Å². The Bertz CT molecular complexity index is 467. The normalized spacial score (nSPS) is 24.4. The molecule has 2 aliphatic rings. The lowest BCUT2D eigenvalue weighted by Gasteiger charge is -2.39. The molecule has 0 bridgehead atoms. The van der Waals surface area contributed by atoms with Gasteiger partial charge in [0.15, 0.2) is 5.82 Å². The summed E-state index contributed by atoms with van der Waals surface area (Å²) in [6, 6.07) is 0.358. The lowest BCUT2D eigenvalue weighted by atomic mass is 9.79. The van der Waals surface area contributed by atoms with Gasteiger partial charge < -0.3 is 4.90 Å². The number of fused-ring (bicyclic) bond motifs is 1. The van der Waals surface area contributed by atoms with Gasteiger partial charge in [0.25, 0.3) is 0 Å². The maximum atomic E-state index is 12.6. The fraction of sp³-hybridized carbons (Fsp3) is 0.846. The van der Waals surface area contributed by atoms with E-state index in [4.69, 9.17) is 0 Å². The topological polar surface area (TPSA) is 63.9 Å². The summed E-state index contributed by atoms with van der Waals surface area (Å²) in [5.41, 5.74) is 0. The number of nitrogens with zero attached hydrogens (tertiary/aromatic N) is 5. The second kappa shape index (κ2) is 4.90. The van der Waals surface area contributed by atoms with Crippen molar-refractivity contribution in [3.63, 3.8) is 0 Å². The molecule has 6 nitrogen and oxygen atoms in total. The fourth-order valence-electron chi connectivity index (χ4n) is 3.08. The van der Waals surface area contributed by atoms with Gasteiger partial charge in [-0.3, -0.25) is 4.79 Å². The standard InChI is InChI=1S/C13H21N5O/c1-9(10-4-3-5-10)17(2)13(19)11-6-7-12-14-15-16-18(12)8-11/h9-11H,3-8H2,1-2H3. The second-order valence-corrected chi connectivity index (χ2v) is 5.89. The molecule has 1 aliphatic heterocycles. The highest BCUT2D eigenvalue weighted by Crippen LogP contribution is 2.32. The van der Waals surface area contributed by atoms with Crippen LogP contribution in [-0.2, 0) is 17.8 Å². The molecule has 6 heteroatoms. The van der Waals surface area contributed by atoms with Crippen molar-refractivity contribution in [1.82, 2.24) is 25.1 Å². The summed E-state index contributed by atoms with van der Waals surface area (Å²) in [4.78, 5) is 14.5. The molecule has 1 fully saturated rings. The van der Waals surface area contributed by atoms with Crippen molar-refractivity contribution < 1.29 is 4.79 Å². The van der Waals surface area contributed by atoms with Crippen LogP contribution < -0.4 is 0 Å². The van der Waals surface area contributed by atoms with E-state index in [0.29, 0.717) is 18.5 Å². The Kier molecular flexibility index (Phi) is 3.24. The van der Waals surface area contributed by atoms with E-state index >= 15 is 0 Å². The third-order valence-corrected chi connectivity index (χ3v) is 4.86. The monoisotopic (exact) mass is 263 g/mol. The molecular weight excluding hydrogens is 242 g/mol. The van der Waals surface area contributed by atoms with E-state index in [2.05, 4.69) is 22.4 Å². The fourth-order valence-corrected chi connectivity index (χ4v) is 3.08. The molecule has 0 saturated heterocycles. The van der Waals surface area contributed by atoms with Gasteiger partial charge in [-0.1, -0.05) is 6.42 Å². The molecule has 1 amide bonds. The third-order valence-electron chi connectivity index (χ3n) is 4.86. The molecule has 19 heavy (non-hydrogen) atoms. The molecule has 1 aliphatic carbocycles. The van der Waals surface area contributed by atoms with E-state index in [1.54, 1.807) is 4.68 Å². The summed E-state index contributed by atoms with van der Waals surface area (Å²) in [5.74, 6) is 1.88. The first kappa shape index (κ1) is 12.6. The average Bonchev–Trinajstić information content (AvgIpc) is 2.81. The molecule has 0 spiro atoms. The molecule has 0 radical (unpaired) electrons. The number of aromatic nitrogens is 4. The van der Waals surface area contributed by atoms with Crippen LogP contribution in [0.15, 0.2) is 0 Å². The second-order valence-electron chi connectivity index (χ2n) is 5.89. The van der Waals surface area contributed by atoms with E-state index in [-0.39, 0.29) is 11.8 Å². The van der Waals surface area contributed by atoms with Gasteiger partial charge in [0.05, 0.1) is 12.5 Å². The summed E-state index contributed by atoms with van der Waals surface area (Å²) in [6.07, 6.45) is 5.51. The van der Waals surface area contributed by atoms with Crippen molar-refractivity contribution in [3.05, 3.63) is 5.82 Å². The van der Waals surface area contributed by atoms with Crippen molar-refractivity contribution in [3.8, 4) is 0 Å². The summed E-state index contributed by atoms with van der Waals surface area (Å²) in [6.45, 7) is 2.80. The number of aryl methyl sites for hydroxylation is 1. The Morgan fingerprint density at radius 2 is 2.21 bits per heavy atom. The molecule has 0 N–H and O–H groups in total. The first-order valence-electron chi connectivity index (χ1n) is 7.18. The van der Waals surface area contributed by atoms with Gasteiger partial charge in [-0.25, -0.2) is 4.68 Å². The largest absolute Gasteiger partial charge is 0.342 e. The van der Waals surface area contributed by atoms with Crippen molar-refractivity contribution in [2.75, 3.05) is 7.05 Å². The number of amides is 1. The summed E-state index contributed by atoms with van der Waals surface area (Å²) < 4.78 is 1.77. The molecule has 0 aromatic carbocycles. The van der Waals surface area contributed by atoms with Crippen molar-refractivity contribution in [2.24, 2.45) is 11.8 Å². The van der Waals surface area contributed by atoms with Crippen LogP contribution in [0.25, 0.3) is 0 Å². The Labute approximate surface area is 113 Å². The minimum absolute atomic E-state index is 0.0310. The van der Waals surface area contributed by atoms with E-state index in [1.807, 2.05) is 11.9 Å². The zero-order chi connectivity index (χ0) is 13.4. The third kappa shape index (κ3) is 2.24.